The van der Waals surface area contributed by atoms with E-state index in [1.54, 1.807) is 24.3 Å². The summed E-state index contributed by atoms with van der Waals surface area (Å²) in [6, 6.07) is 14.3. The molecule has 0 aromatic heterocycles. The quantitative estimate of drug-likeness (QED) is 0.727. The van der Waals surface area contributed by atoms with Gasteiger partial charge in [0.1, 0.15) is 11.2 Å². The lowest BCUT2D eigenvalue weighted by Crippen LogP contribution is -2.31. The van der Waals surface area contributed by atoms with Crippen LogP contribution in [0, 0.1) is 6.92 Å². The van der Waals surface area contributed by atoms with E-state index in [0.29, 0.717) is 17.5 Å². The lowest BCUT2D eigenvalue weighted by Gasteiger charge is -2.19. The van der Waals surface area contributed by atoms with Crippen molar-refractivity contribution in [3.63, 3.8) is 0 Å². The van der Waals surface area contributed by atoms with E-state index in [0.717, 1.165) is 11.1 Å². The Balaban J connectivity index is 2.27. The van der Waals surface area contributed by atoms with E-state index in [9.17, 15) is 19.8 Å². The van der Waals surface area contributed by atoms with E-state index >= 15 is 0 Å². The van der Waals surface area contributed by atoms with Crippen LogP contribution in [0.15, 0.2) is 48.5 Å². The Morgan fingerprint density at radius 1 is 0.778 bits per heavy atom. The summed E-state index contributed by atoms with van der Waals surface area (Å²) in [6.07, 6.45) is 0.609. The fourth-order valence-corrected chi connectivity index (χ4v) is 2.97. The third-order valence-corrected chi connectivity index (χ3v) is 4.55. The van der Waals surface area contributed by atoms with E-state index in [-0.39, 0.29) is 17.5 Å². The normalized spacial score (nSPS) is 12.3. The van der Waals surface area contributed by atoms with Gasteiger partial charge >= 0.3 is 0 Å². The molecule has 27 heavy (non-hydrogen) atoms. The maximum Gasteiger partial charge on any atom is 0.193 e. The van der Waals surface area contributed by atoms with Gasteiger partial charge in [-0.2, -0.15) is 0 Å². The zero-order chi connectivity index (χ0) is 20.4. The summed E-state index contributed by atoms with van der Waals surface area (Å²) in [5.74, 6) is -0.632. The van der Waals surface area contributed by atoms with Crippen molar-refractivity contribution < 1.29 is 19.8 Å². The molecule has 143 valence electrons. The van der Waals surface area contributed by atoms with Crippen LogP contribution in [0.25, 0.3) is 0 Å². The van der Waals surface area contributed by atoms with Crippen molar-refractivity contribution in [3.8, 4) is 0 Å². The second kappa shape index (κ2) is 7.75. The number of hydrogen-bond acceptors (Lipinski definition) is 4. The number of aliphatic hydroxyl groups is 2. The number of benzene rings is 2. The lowest BCUT2D eigenvalue weighted by molar-refractivity contribution is 0.0487. The van der Waals surface area contributed by atoms with E-state index < -0.39 is 11.2 Å². The van der Waals surface area contributed by atoms with Crippen molar-refractivity contribution in [2.75, 3.05) is 0 Å². The molecule has 0 bridgehead atoms. The van der Waals surface area contributed by atoms with Crippen molar-refractivity contribution >= 4 is 11.6 Å². The second-order valence-electron chi connectivity index (χ2n) is 7.86. The van der Waals surface area contributed by atoms with Gasteiger partial charge in [-0.15, -0.1) is 0 Å². The number of hydrogen-bond donors (Lipinski definition) is 2. The minimum atomic E-state index is -1.41. The van der Waals surface area contributed by atoms with Crippen LogP contribution >= 0.6 is 0 Å². The van der Waals surface area contributed by atoms with Gasteiger partial charge in [-0.1, -0.05) is 55.5 Å². The Morgan fingerprint density at radius 3 is 1.30 bits per heavy atom. The molecule has 0 aliphatic carbocycles. The summed E-state index contributed by atoms with van der Waals surface area (Å²) in [4.78, 5) is 24.3. The van der Waals surface area contributed by atoms with E-state index in [1.165, 1.54) is 27.7 Å². The fraction of sp³-hybridized carbons (Fsp3) is 0.348. The molecule has 2 aromatic carbocycles. The maximum atomic E-state index is 12.2. The maximum absolute atomic E-state index is 12.2. The van der Waals surface area contributed by atoms with Gasteiger partial charge in [0.15, 0.2) is 11.6 Å². The van der Waals surface area contributed by atoms with E-state index in [2.05, 4.69) is 6.92 Å². The fourth-order valence-electron chi connectivity index (χ4n) is 2.97. The van der Waals surface area contributed by atoms with Crippen LogP contribution in [0.1, 0.15) is 71.9 Å². The van der Waals surface area contributed by atoms with Gasteiger partial charge in [-0.25, -0.2) is 0 Å². The van der Waals surface area contributed by atoms with Gasteiger partial charge in [-0.3, -0.25) is 9.59 Å². The lowest BCUT2D eigenvalue weighted by atomic mass is 9.86. The SMILES string of the molecule is [CH2]CC(c1ccc(C(=O)C(C)(C)O)cc1)c1ccc(C(=O)C(C)(C)O)cc1. The summed E-state index contributed by atoms with van der Waals surface area (Å²) in [6.45, 7) is 9.90. The molecule has 4 nitrogen and oxygen atoms in total. The summed E-state index contributed by atoms with van der Waals surface area (Å²) in [7, 11) is 0. The predicted molar refractivity (Wildman–Crippen MR) is 106 cm³/mol. The van der Waals surface area contributed by atoms with Crippen LogP contribution in [0.2, 0.25) is 0 Å². The number of carbonyl (C=O) groups excluding carboxylic acids is 2. The number of rotatable bonds is 7. The Morgan fingerprint density at radius 2 is 1.07 bits per heavy atom. The molecule has 0 saturated carbocycles. The molecule has 0 aliphatic rings. The molecule has 0 aliphatic heterocycles. The molecule has 0 saturated heterocycles. The first kappa shape index (κ1) is 21.0. The van der Waals surface area contributed by atoms with Crippen LogP contribution in [0.5, 0.6) is 0 Å². The van der Waals surface area contributed by atoms with Crippen LogP contribution < -0.4 is 0 Å². The molecule has 4 heteroatoms. The molecule has 0 unspecified atom stereocenters. The Bertz CT molecular complexity index is 734. The van der Waals surface area contributed by atoms with Crippen LogP contribution in [-0.4, -0.2) is 33.0 Å². The minimum absolute atomic E-state index is 0.0163. The molecule has 0 atom stereocenters. The Labute approximate surface area is 160 Å². The topological polar surface area (TPSA) is 74.6 Å². The Hall–Kier alpha value is -2.30. The highest BCUT2D eigenvalue weighted by Crippen LogP contribution is 2.29. The van der Waals surface area contributed by atoms with E-state index in [4.69, 9.17) is 0 Å². The third-order valence-electron chi connectivity index (χ3n) is 4.55. The first-order valence-corrected chi connectivity index (χ1v) is 8.98. The van der Waals surface area contributed by atoms with Gasteiger partial charge in [0.05, 0.1) is 0 Å². The summed E-state index contributed by atoms with van der Waals surface area (Å²) >= 11 is 0. The van der Waals surface area contributed by atoms with Gasteiger partial charge in [-0.05, 0) is 45.2 Å². The van der Waals surface area contributed by atoms with Crippen molar-refractivity contribution in [2.24, 2.45) is 0 Å². The highest BCUT2D eigenvalue weighted by Gasteiger charge is 2.26. The second-order valence-corrected chi connectivity index (χ2v) is 7.86. The van der Waals surface area contributed by atoms with Crippen molar-refractivity contribution in [1.82, 2.24) is 0 Å². The van der Waals surface area contributed by atoms with Crippen LogP contribution in [0.4, 0.5) is 0 Å². The zero-order valence-corrected chi connectivity index (χ0v) is 16.3. The predicted octanol–water partition coefficient (Wildman–Crippen LogP) is 3.95. The average molecular weight is 367 g/mol. The molecule has 1 radical (unpaired) electrons. The zero-order valence-electron chi connectivity index (χ0n) is 16.3. The van der Waals surface area contributed by atoms with E-state index in [1.807, 2.05) is 24.3 Å². The number of ketones is 2. The van der Waals surface area contributed by atoms with Gasteiger partial charge < -0.3 is 10.2 Å². The molecule has 0 fully saturated rings. The minimum Gasteiger partial charge on any atom is -0.382 e. The molecule has 2 N–H and O–H groups in total. The van der Waals surface area contributed by atoms with Crippen molar-refractivity contribution in [3.05, 3.63) is 77.7 Å². The standard InChI is InChI=1S/C23H27O4/c1-6-19(15-7-11-17(12-8-15)20(24)22(2,3)26)16-9-13-18(14-10-16)21(25)23(4,5)27/h7-14,19,26-27H,1,6H2,2-5H3. The summed E-state index contributed by atoms with van der Waals surface area (Å²) < 4.78 is 0. The molecule has 0 amide bonds. The average Bonchev–Trinajstić information content (AvgIpc) is 2.61. The molecule has 2 aromatic rings. The molecule has 2 rings (SSSR count). The molecule has 0 heterocycles. The smallest absolute Gasteiger partial charge is 0.193 e. The molecular formula is C23H27O4. The first-order valence-electron chi connectivity index (χ1n) is 8.98. The monoisotopic (exact) mass is 367 g/mol. The Kier molecular flexibility index (Phi) is 6.03. The highest BCUT2D eigenvalue weighted by molar-refractivity contribution is 6.02. The van der Waals surface area contributed by atoms with Crippen LogP contribution in [0.3, 0.4) is 0 Å². The van der Waals surface area contributed by atoms with Crippen LogP contribution in [-0.2, 0) is 0 Å². The number of carbonyl (C=O) groups is 2. The van der Waals surface area contributed by atoms with Crippen molar-refractivity contribution in [2.45, 2.75) is 51.2 Å². The van der Waals surface area contributed by atoms with Crippen molar-refractivity contribution in [1.29, 1.82) is 0 Å². The number of Topliss-reactive ketones (excluding diaryl/α,β-unsaturated/α-hetero) is 2. The molecular weight excluding hydrogens is 340 g/mol. The van der Waals surface area contributed by atoms with Gasteiger partial charge in [0, 0.05) is 17.0 Å². The summed E-state index contributed by atoms with van der Waals surface area (Å²) in [5, 5.41) is 19.7. The largest absolute Gasteiger partial charge is 0.382 e. The first-order chi connectivity index (χ1) is 12.4. The van der Waals surface area contributed by atoms with Gasteiger partial charge in [0.25, 0.3) is 0 Å². The summed E-state index contributed by atoms with van der Waals surface area (Å²) in [5.41, 5.74) is 0.102. The van der Waals surface area contributed by atoms with Gasteiger partial charge in [0.2, 0.25) is 0 Å². The highest BCUT2D eigenvalue weighted by atomic mass is 16.3. The molecule has 0 spiro atoms. The third kappa shape index (κ3) is 4.90.